The largest absolute Gasteiger partial charge is 0.485 e. The Bertz CT molecular complexity index is 1220. The summed E-state index contributed by atoms with van der Waals surface area (Å²) in [5.74, 6) is -0.205. The van der Waals surface area contributed by atoms with Crippen molar-refractivity contribution in [3.63, 3.8) is 0 Å². The van der Waals surface area contributed by atoms with E-state index in [1.54, 1.807) is 24.3 Å². The van der Waals surface area contributed by atoms with E-state index in [0.29, 0.717) is 16.9 Å². The van der Waals surface area contributed by atoms with Crippen LogP contribution in [0.4, 0.5) is 5.88 Å². The lowest BCUT2D eigenvalue weighted by molar-refractivity contribution is 0.0689. The predicted molar refractivity (Wildman–Crippen MR) is 125 cm³/mol. The summed E-state index contributed by atoms with van der Waals surface area (Å²) in [6, 6.07) is 11.9. The van der Waals surface area contributed by atoms with Gasteiger partial charge in [-0.3, -0.25) is 4.79 Å². The summed E-state index contributed by atoms with van der Waals surface area (Å²) in [5, 5.41) is 9.98. The number of rotatable bonds is 5. The molecule has 1 atom stereocenters. The van der Waals surface area contributed by atoms with Gasteiger partial charge in [0.1, 0.15) is 23.0 Å². The van der Waals surface area contributed by atoms with Gasteiger partial charge in [-0.1, -0.05) is 26.0 Å². The van der Waals surface area contributed by atoms with Crippen molar-refractivity contribution in [3.8, 4) is 5.75 Å². The second kappa shape index (κ2) is 8.34. The first-order valence-electron chi connectivity index (χ1n) is 11.0. The minimum atomic E-state index is -1.05. The van der Waals surface area contributed by atoms with Crippen molar-refractivity contribution in [2.24, 2.45) is 5.41 Å². The predicted octanol–water partition coefficient (Wildman–Crippen LogP) is 5.57. The topological polar surface area (TPSA) is 80.0 Å². The van der Waals surface area contributed by atoms with Gasteiger partial charge in [0, 0.05) is 24.7 Å². The molecule has 1 fully saturated rings. The van der Waals surface area contributed by atoms with Gasteiger partial charge in [0.15, 0.2) is 11.3 Å². The molecule has 168 valence electrons. The Labute approximate surface area is 187 Å². The Balaban J connectivity index is 1.75. The molecule has 0 unspecified atom stereocenters. The van der Waals surface area contributed by atoms with E-state index in [1.165, 1.54) is 6.07 Å². The maximum Gasteiger partial charge on any atom is 0.339 e. The molecular formula is C26H29NO5. The van der Waals surface area contributed by atoms with Gasteiger partial charge in [-0.2, -0.15) is 0 Å². The lowest BCUT2D eigenvalue weighted by Gasteiger charge is -2.37. The van der Waals surface area contributed by atoms with Crippen molar-refractivity contribution in [3.05, 3.63) is 69.4 Å². The van der Waals surface area contributed by atoms with E-state index in [4.69, 9.17) is 9.15 Å². The molecule has 6 nitrogen and oxygen atoms in total. The van der Waals surface area contributed by atoms with Gasteiger partial charge < -0.3 is 19.2 Å². The van der Waals surface area contributed by atoms with Crippen LogP contribution in [-0.2, 0) is 0 Å². The Hall–Kier alpha value is -3.28. The van der Waals surface area contributed by atoms with Crippen LogP contribution in [-0.4, -0.2) is 24.2 Å². The summed E-state index contributed by atoms with van der Waals surface area (Å²) in [6.45, 7) is 9.94. The molecule has 1 aromatic heterocycles. The number of piperidine rings is 1. The molecule has 0 aliphatic carbocycles. The van der Waals surface area contributed by atoms with Gasteiger partial charge in [-0.05, 0) is 61.9 Å². The number of hydrogen-bond acceptors (Lipinski definition) is 5. The monoisotopic (exact) mass is 435 g/mol. The molecule has 2 aromatic carbocycles. The maximum absolute atomic E-state index is 13.0. The molecule has 0 saturated carbocycles. The van der Waals surface area contributed by atoms with E-state index in [-0.39, 0.29) is 22.2 Å². The highest BCUT2D eigenvalue weighted by Gasteiger charge is 2.27. The summed E-state index contributed by atoms with van der Waals surface area (Å²) >= 11 is 0. The molecule has 0 radical (unpaired) electrons. The van der Waals surface area contributed by atoms with Crippen LogP contribution in [0.1, 0.15) is 61.2 Å². The summed E-state index contributed by atoms with van der Waals surface area (Å²) in [5.41, 5.74) is 2.41. The molecule has 0 amide bonds. The number of nitrogens with zero attached hydrogens (tertiary/aromatic N) is 1. The lowest BCUT2D eigenvalue weighted by Crippen LogP contribution is -2.37. The molecule has 1 N–H and O–H groups in total. The Morgan fingerprint density at radius 1 is 1.16 bits per heavy atom. The summed E-state index contributed by atoms with van der Waals surface area (Å²) in [7, 11) is 0. The average Bonchev–Trinajstić information content (AvgIpc) is 2.74. The van der Waals surface area contributed by atoms with Crippen molar-refractivity contribution in [1.29, 1.82) is 0 Å². The molecule has 4 rings (SSSR count). The number of benzene rings is 2. The molecule has 2 heterocycles. The number of carboxylic acid groups (broad SMARTS) is 1. The number of para-hydroxylation sites is 1. The minimum absolute atomic E-state index is 0.0887. The van der Waals surface area contributed by atoms with E-state index in [0.717, 1.165) is 37.1 Å². The average molecular weight is 436 g/mol. The van der Waals surface area contributed by atoms with Crippen LogP contribution in [0.2, 0.25) is 0 Å². The van der Waals surface area contributed by atoms with Crippen LogP contribution in [0, 0.1) is 12.3 Å². The van der Waals surface area contributed by atoms with E-state index < -0.39 is 12.1 Å². The third-order valence-electron chi connectivity index (χ3n) is 6.28. The Morgan fingerprint density at radius 2 is 1.84 bits per heavy atom. The molecule has 32 heavy (non-hydrogen) atoms. The second-order valence-electron chi connectivity index (χ2n) is 9.39. The fourth-order valence-corrected chi connectivity index (χ4v) is 4.21. The molecule has 0 bridgehead atoms. The SMILES string of the molecule is Cc1cc([C@@H](C)Oc2ccccc2C(=O)O)c2oc(N3CCC(C)(C)CC3)cc(=O)c2c1. The Kier molecular flexibility index (Phi) is 5.71. The van der Waals surface area contributed by atoms with E-state index in [9.17, 15) is 14.7 Å². The number of aryl methyl sites for hydroxylation is 1. The van der Waals surface area contributed by atoms with Gasteiger partial charge in [0.2, 0.25) is 0 Å². The molecule has 6 heteroatoms. The van der Waals surface area contributed by atoms with Gasteiger partial charge in [-0.15, -0.1) is 0 Å². The number of hydrogen-bond donors (Lipinski definition) is 1. The fourth-order valence-electron chi connectivity index (χ4n) is 4.21. The lowest BCUT2D eigenvalue weighted by atomic mass is 9.83. The van der Waals surface area contributed by atoms with Crippen LogP contribution in [0.25, 0.3) is 11.0 Å². The van der Waals surface area contributed by atoms with Crippen molar-refractivity contribution in [2.75, 3.05) is 18.0 Å². The van der Waals surface area contributed by atoms with E-state index >= 15 is 0 Å². The molecule has 1 aliphatic heterocycles. The second-order valence-corrected chi connectivity index (χ2v) is 9.39. The number of fused-ring (bicyclic) bond motifs is 1. The highest BCUT2D eigenvalue weighted by molar-refractivity contribution is 5.90. The first-order chi connectivity index (χ1) is 15.1. The summed E-state index contributed by atoms with van der Waals surface area (Å²) < 4.78 is 12.4. The Morgan fingerprint density at radius 3 is 2.53 bits per heavy atom. The first kappa shape index (κ1) is 21.9. The number of anilines is 1. The van der Waals surface area contributed by atoms with E-state index in [1.807, 2.05) is 26.0 Å². The van der Waals surface area contributed by atoms with Gasteiger partial charge in [0.05, 0.1) is 5.39 Å². The molecule has 1 saturated heterocycles. The zero-order valence-corrected chi connectivity index (χ0v) is 19.0. The van der Waals surface area contributed by atoms with Crippen LogP contribution < -0.4 is 15.1 Å². The highest BCUT2D eigenvalue weighted by Crippen LogP contribution is 2.35. The number of carbonyl (C=O) groups is 1. The van der Waals surface area contributed by atoms with Crippen molar-refractivity contribution >= 4 is 22.8 Å². The highest BCUT2D eigenvalue weighted by atomic mass is 16.5. The number of ether oxygens (including phenoxy) is 1. The fraction of sp³-hybridized carbons (Fsp3) is 0.385. The van der Waals surface area contributed by atoms with Gasteiger partial charge in [0.25, 0.3) is 0 Å². The van der Waals surface area contributed by atoms with Gasteiger partial charge in [-0.25, -0.2) is 4.79 Å². The van der Waals surface area contributed by atoms with Gasteiger partial charge >= 0.3 is 5.97 Å². The smallest absolute Gasteiger partial charge is 0.339 e. The molecule has 0 spiro atoms. The minimum Gasteiger partial charge on any atom is -0.485 e. The molecule has 3 aromatic rings. The zero-order valence-electron chi connectivity index (χ0n) is 19.0. The summed E-state index contributed by atoms with van der Waals surface area (Å²) in [4.78, 5) is 26.7. The molecular weight excluding hydrogens is 406 g/mol. The van der Waals surface area contributed by atoms with Crippen molar-refractivity contribution < 1.29 is 19.1 Å². The van der Waals surface area contributed by atoms with Crippen molar-refractivity contribution in [2.45, 2.75) is 46.6 Å². The van der Waals surface area contributed by atoms with Crippen LogP contribution in [0.3, 0.4) is 0 Å². The van der Waals surface area contributed by atoms with E-state index in [2.05, 4.69) is 18.7 Å². The van der Waals surface area contributed by atoms with Crippen LogP contribution in [0.5, 0.6) is 5.75 Å². The zero-order chi connectivity index (χ0) is 23.0. The standard InChI is InChI=1S/C26H29NO5/c1-16-13-19(17(2)31-22-8-6-5-7-18(22)25(29)30)24-20(14-16)21(28)15-23(32-24)27-11-9-26(3,4)10-12-27/h5-8,13-15,17H,9-12H2,1-4H3,(H,29,30)/t17-/m1/s1. The van der Waals surface area contributed by atoms with Crippen LogP contribution >= 0.6 is 0 Å². The summed E-state index contributed by atoms with van der Waals surface area (Å²) in [6.07, 6.45) is 1.54. The quantitative estimate of drug-likeness (QED) is 0.565. The third kappa shape index (κ3) is 4.35. The normalized spacial score (nSPS) is 16.7. The maximum atomic E-state index is 13.0. The third-order valence-corrected chi connectivity index (χ3v) is 6.28. The van der Waals surface area contributed by atoms with Crippen LogP contribution in [0.15, 0.2) is 51.7 Å². The van der Waals surface area contributed by atoms with Crippen molar-refractivity contribution in [1.82, 2.24) is 0 Å². The number of carboxylic acids is 1. The number of aromatic carboxylic acids is 1. The first-order valence-corrected chi connectivity index (χ1v) is 11.0. The molecule has 1 aliphatic rings.